The molecule has 340 valence electrons. The van der Waals surface area contributed by atoms with E-state index >= 15 is 0 Å². The van der Waals surface area contributed by atoms with Gasteiger partial charge in [0.15, 0.2) is 0 Å². The Balaban J connectivity index is 0.000000620. The van der Waals surface area contributed by atoms with E-state index in [0.29, 0.717) is 49.9 Å². The molecular weight excluding hydrogens is 824 g/mol. The highest BCUT2D eigenvalue weighted by Crippen LogP contribution is 2.06. The predicted octanol–water partition coefficient (Wildman–Crippen LogP) is 0.721. The van der Waals surface area contributed by atoms with Crippen molar-refractivity contribution in [1.29, 1.82) is 0 Å². The first-order valence-electron chi connectivity index (χ1n) is 19.1. The number of nitrogens with zero attached hydrogens (tertiary/aromatic N) is 2. The molecule has 62 heavy (non-hydrogen) atoms. The molecule has 24 heteroatoms. The summed E-state index contributed by atoms with van der Waals surface area (Å²) in [7, 11) is 0. The molecule has 2 aromatic heterocycles. The normalized spacial score (nSPS) is 12.3. The van der Waals surface area contributed by atoms with Crippen molar-refractivity contribution in [2.24, 2.45) is 0 Å². The van der Waals surface area contributed by atoms with Crippen molar-refractivity contribution in [3.63, 3.8) is 0 Å². The van der Waals surface area contributed by atoms with Crippen LogP contribution in [0.4, 0.5) is 9.59 Å². The van der Waals surface area contributed by atoms with Gasteiger partial charge in [-0.25, -0.2) is 28.8 Å². The zero-order valence-corrected chi connectivity index (χ0v) is 33.9. The molecule has 0 aliphatic heterocycles. The summed E-state index contributed by atoms with van der Waals surface area (Å²) < 4.78 is 0. The Morgan fingerprint density at radius 2 is 0.919 bits per heavy atom. The number of nitrogens with one attached hydrogen (secondary N) is 6. The van der Waals surface area contributed by atoms with E-state index < -0.39 is 84.9 Å². The molecule has 0 aromatic carbocycles. The number of rotatable bonds is 26. The lowest BCUT2D eigenvalue weighted by molar-refractivity contribution is -0.142. The highest BCUT2D eigenvalue weighted by atomic mass is 16.4. The van der Waals surface area contributed by atoms with Gasteiger partial charge in [0.05, 0.1) is 11.1 Å². The number of carbonyl (C=O) groups is 10. The molecule has 0 saturated heterocycles. The molecule has 0 aliphatic rings. The number of unbranched alkanes of at least 4 members (excludes halogenated alkanes) is 2. The van der Waals surface area contributed by atoms with Crippen LogP contribution in [0.5, 0.6) is 0 Å². The van der Waals surface area contributed by atoms with Crippen LogP contribution in [-0.4, -0.2) is 138 Å². The molecule has 4 atom stereocenters. The number of aryl methyl sites for hydroxylation is 2. The van der Waals surface area contributed by atoms with Crippen molar-refractivity contribution in [3.8, 4) is 0 Å². The molecule has 0 saturated carbocycles. The Morgan fingerprint density at radius 3 is 1.27 bits per heavy atom. The van der Waals surface area contributed by atoms with E-state index in [1.165, 1.54) is 12.4 Å². The van der Waals surface area contributed by atoms with Crippen molar-refractivity contribution >= 4 is 59.7 Å². The molecular formula is C38H52N8O16. The summed E-state index contributed by atoms with van der Waals surface area (Å²) >= 11 is 0. The number of urea groups is 2. The van der Waals surface area contributed by atoms with Crippen LogP contribution in [0.3, 0.4) is 0 Å². The van der Waals surface area contributed by atoms with Gasteiger partial charge in [-0.15, -0.1) is 0 Å². The predicted molar refractivity (Wildman–Crippen MR) is 213 cm³/mol. The first-order valence-corrected chi connectivity index (χ1v) is 19.1. The van der Waals surface area contributed by atoms with Gasteiger partial charge in [0.2, 0.25) is 0 Å². The highest BCUT2D eigenvalue weighted by Gasteiger charge is 2.26. The molecule has 6 amide bonds. The maximum Gasteiger partial charge on any atom is 0.326 e. The van der Waals surface area contributed by atoms with Gasteiger partial charge in [0.25, 0.3) is 11.8 Å². The quantitative estimate of drug-likeness (QED) is 0.0579. The fraction of sp³-hybridized carbons (Fsp3) is 0.474. The topological polar surface area (TPSA) is 390 Å². The Morgan fingerprint density at radius 1 is 0.516 bits per heavy atom. The molecule has 0 unspecified atom stereocenters. The van der Waals surface area contributed by atoms with Crippen molar-refractivity contribution in [2.75, 3.05) is 13.1 Å². The monoisotopic (exact) mass is 876 g/mol. The number of carboxylic acids is 6. The Labute approximate surface area is 354 Å². The van der Waals surface area contributed by atoms with Crippen molar-refractivity contribution < 1.29 is 78.6 Å². The number of aromatic nitrogens is 2. The number of amides is 6. The molecule has 2 rings (SSSR count). The first kappa shape index (κ1) is 52.6. The lowest BCUT2D eigenvalue weighted by Gasteiger charge is -2.18. The minimum absolute atomic E-state index is 0.0531. The molecule has 2 aromatic rings. The number of hydrogen-bond donors (Lipinski definition) is 12. The van der Waals surface area contributed by atoms with Crippen LogP contribution >= 0.6 is 0 Å². The van der Waals surface area contributed by atoms with Crippen LogP contribution in [0.2, 0.25) is 0 Å². The van der Waals surface area contributed by atoms with Gasteiger partial charge in [-0.1, -0.05) is 0 Å². The van der Waals surface area contributed by atoms with E-state index in [1.54, 1.807) is 31.3 Å². The second-order valence-electron chi connectivity index (χ2n) is 13.6. The molecule has 0 fully saturated rings. The Bertz CT molecular complexity index is 1880. The van der Waals surface area contributed by atoms with Crippen molar-refractivity contribution in [1.82, 2.24) is 41.9 Å². The maximum absolute atomic E-state index is 12.0. The maximum atomic E-state index is 12.0. The molecule has 24 nitrogen and oxygen atoms in total. The Hall–Kier alpha value is -7.40. The van der Waals surface area contributed by atoms with Gasteiger partial charge >= 0.3 is 47.9 Å². The standard InChI is InChI=1S/2C19H26N4O8/c1-11-5-6-12(10-21-11)16(26)20-9-3-2-4-13(17(27)28)22-19(31)23-14(18(29)30)7-8-15(24)25;1-11-8-12(10-20-9-11)16(26)21-7-3-2-4-13(17(27)28)22-19(31)23-14(18(29)30)5-6-15(24)25/h5-6,10,13-14H,2-4,7-9H2,1H3,(H,20,26)(H,24,25)(H,27,28)(H,29,30)(H2,22,23,31);8-10,13-14H,2-7H2,1H3,(H,21,26)(H,24,25)(H,27,28)(H,29,30)(H2,22,23,31)/t2*13-,14-/m00/s1. The average Bonchev–Trinajstić information content (AvgIpc) is 3.19. The van der Waals surface area contributed by atoms with Gasteiger partial charge in [0.1, 0.15) is 24.2 Å². The summed E-state index contributed by atoms with van der Waals surface area (Å²) in [6.07, 6.45) is 4.64. The summed E-state index contributed by atoms with van der Waals surface area (Å²) in [5.74, 6) is -8.51. The van der Waals surface area contributed by atoms with Gasteiger partial charge in [-0.05, 0) is 89.0 Å². The fourth-order valence-electron chi connectivity index (χ4n) is 5.12. The third-order valence-corrected chi connectivity index (χ3v) is 8.43. The van der Waals surface area contributed by atoms with Gasteiger partial charge in [-0.2, -0.15) is 0 Å². The van der Waals surface area contributed by atoms with Gasteiger partial charge < -0.3 is 62.5 Å². The largest absolute Gasteiger partial charge is 0.481 e. The number of aliphatic carboxylic acids is 6. The third kappa shape index (κ3) is 22.7. The van der Waals surface area contributed by atoms with E-state index in [4.69, 9.17) is 20.4 Å². The average molecular weight is 877 g/mol. The second kappa shape index (κ2) is 28.1. The zero-order chi connectivity index (χ0) is 46.8. The van der Waals surface area contributed by atoms with Crippen LogP contribution < -0.4 is 31.9 Å². The van der Waals surface area contributed by atoms with Crippen LogP contribution in [0, 0.1) is 13.8 Å². The highest BCUT2D eigenvalue weighted by molar-refractivity contribution is 5.94. The number of pyridine rings is 2. The van der Waals surface area contributed by atoms with Crippen LogP contribution in [0.15, 0.2) is 36.8 Å². The molecule has 0 aliphatic carbocycles. The second-order valence-corrected chi connectivity index (χ2v) is 13.6. The lowest BCUT2D eigenvalue weighted by atomic mass is 10.1. The van der Waals surface area contributed by atoms with Crippen molar-refractivity contribution in [2.45, 2.75) is 102 Å². The fourth-order valence-corrected chi connectivity index (χ4v) is 5.12. The Kier molecular flexibility index (Phi) is 23.9. The SMILES string of the molecule is Cc1ccc(C(=O)NCCCC[C@H](NC(=O)N[C@@H](CCC(=O)O)C(=O)O)C(=O)O)cn1.Cc1cncc(C(=O)NCCCC[C@H](NC(=O)N[C@@H](CCC(=O)O)C(=O)O)C(=O)O)c1. The minimum Gasteiger partial charge on any atom is -0.481 e. The van der Waals surface area contributed by atoms with E-state index in [2.05, 4.69) is 41.9 Å². The molecule has 0 radical (unpaired) electrons. The molecule has 12 N–H and O–H groups in total. The van der Waals surface area contributed by atoms with Gasteiger partial charge in [0, 0.05) is 50.2 Å². The van der Waals surface area contributed by atoms with Crippen LogP contribution in [0.25, 0.3) is 0 Å². The van der Waals surface area contributed by atoms with Crippen molar-refractivity contribution in [3.05, 3.63) is 59.2 Å². The first-order chi connectivity index (χ1) is 29.2. The minimum atomic E-state index is -1.46. The zero-order valence-electron chi connectivity index (χ0n) is 33.9. The van der Waals surface area contributed by atoms with E-state index in [0.717, 1.165) is 11.3 Å². The van der Waals surface area contributed by atoms with E-state index in [1.807, 2.05) is 6.92 Å². The third-order valence-electron chi connectivity index (χ3n) is 8.43. The summed E-state index contributed by atoms with van der Waals surface area (Å²) in [4.78, 5) is 122. The lowest BCUT2D eigenvalue weighted by Crippen LogP contribution is -2.51. The summed E-state index contributed by atoms with van der Waals surface area (Å²) in [5.41, 5.74) is 2.44. The van der Waals surface area contributed by atoms with E-state index in [-0.39, 0.29) is 37.5 Å². The molecule has 2 heterocycles. The van der Waals surface area contributed by atoms with Crippen LogP contribution in [0.1, 0.15) is 96.2 Å². The van der Waals surface area contributed by atoms with E-state index in [9.17, 15) is 58.2 Å². The van der Waals surface area contributed by atoms with Gasteiger partial charge in [-0.3, -0.25) is 29.1 Å². The summed E-state index contributed by atoms with van der Waals surface area (Å²) in [5, 5.41) is 67.6. The number of hydrogen-bond acceptors (Lipinski definition) is 12. The molecule has 0 bridgehead atoms. The van der Waals surface area contributed by atoms with Crippen LogP contribution in [-0.2, 0) is 28.8 Å². The number of carbonyl (C=O) groups excluding carboxylic acids is 4. The number of carboxylic acid groups (broad SMARTS) is 6. The summed E-state index contributed by atoms with van der Waals surface area (Å²) in [6, 6.07) is -2.48. The summed E-state index contributed by atoms with van der Waals surface area (Å²) in [6.45, 7) is 4.19. The smallest absolute Gasteiger partial charge is 0.326 e. The molecule has 0 spiro atoms.